The summed E-state index contributed by atoms with van der Waals surface area (Å²) < 4.78 is 0. The molecule has 0 amide bonds. The van der Waals surface area contributed by atoms with Gasteiger partial charge in [-0.3, -0.25) is 4.98 Å². The minimum Gasteiger partial charge on any atom is -0.256 e. The van der Waals surface area contributed by atoms with Gasteiger partial charge >= 0.3 is 0 Å². The van der Waals surface area contributed by atoms with Crippen LogP contribution in [0.1, 0.15) is 11.3 Å². The summed E-state index contributed by atoms with van der Waals surface area (Å²) in [6.45, 7) is 0. The summed E-state index contributed by atoms with van der Waals surface area (Å²) in [6.07, 6.45) is 3.21. The number of azo groups is 1. The van der Waals surface area contributed by atoms with Gasteiger partial charge in [0.1, 0.15) is 6.34 Å². The number of aromatic nitrogens is 1. The van der Waals surface area contributed by atoms with Gasteiger partial charge in [-0.2, -0.15) is 0 Å². The molecule has 1 unspecified atom stereocenters. The normalized spacial score (nSPS) is 21.9. The smallest absolute Gasteiger partial charge is 0.239 e. The quantitative estimate of drug-likeness (QED) is 0.770. The van der Waals surface area contributed by atoms with Gasteiger partial charge in [-0.25, -0.2) is 4.99 Å². The molecule has 1 atom stereocenters. The van der Waals surface area contributed by atoms with Crippen molar-refractivity contribution >= 4 is 6.34 Å². The second-order valence-corrected chi connectivity index (χ2v) is 3.71. The zero-order valence-corrected chi connectivity index (χ0v) is 9.06. The number of benzene rings is 1. The van der Waals surface area contributed by atoms with E-state index >= 15 is 0 Å². The van der Waals surface area contributed by atoms with Crippen LogP contribution in [-0.2, 0) is 5.66 Å². The topological polar surface area (TPSA) is 50.0 Å². The second-order valence-electron chi connectivity index (χ2n) is 3.71. The summed E-state index contributed by atoms with van der Waals surface area (Å²) in [5.74, 6) is 0. The first kappa shape index (κ1) is 9.84. The Balaban J connectivity index is 2.19. The molecule has 1 aliphatic rings. The molecule has 82 valence electrons. The van der Waals surface area contributed by atoms with E-state index in [1.807, 2.05) is 48.5 Å². The Labute approximate surface area is 98.8 Å². The van der Waals surface area contributed by atoms with Gasteiger partial charge in [0.05, 0.1) is 5.69 Å². The van der Waals surface area contributed by atoms with E-state index in [1.165, 1.54) is 6.34 Å². The highest BCUT2D eigenvalue weighted by Gasteiger charge is 2.36. The monoisotopic (exact) mass is 222 g/mol. The first-order chi connectivity index (χ1) is 8.42. The first-order valence-electron chi connectivity index (χ1n) is 5.34. The highest BCUT2D eigenvalue weighted by molar-refractivity contribution is 5.59. The maximum absolute atomic E-state index is 4.39. The zero-order valence-electron chi connectivity index (χ0n) is 9.06. The third-order valence-corrected chi connectivity index (χ3v) is 2.70. The molecule has 2 aromatic rings. The third kappa shape index (κ3) is 1.54. The predicted octanol–water partition coefficient (Wildman–Crippen LogP) is 2.78. The van der Waals surface area contributed by atoms with E-state index in [2.05, 4.69) is 20.2 Å². The Morgan fingerprint density at radius 3 is 2.35 bits per heavy atom. The summed E-state index contributed by atoms with van der Waals surface area (Å²) in [6, 6.07) is 15.6. The lowest BCUT2D eigenvalue weighted by Crippen LogP contribution is -2.21. The minimum atomic E-state index is -0.803. The summed E-state index contributed by atoms with van der Waals surface area (Å²) in [5.41, 5.74) is 0.947. The largest absolute Gasteiger partial charge is 0.256 e. The van der Waals surface area contributed by atoms with Crippen LogP contribution >= 0.6 is 0 Å². The molecule has 0 N–H and O–H groups in total. The number of hydrogen-bond acceptors (Lipinski definition) is 4. The predicted molar refractivity (Wildman–Crippen MR) is 64.8 cm³/mol. The van der Waals surface area contributed by atoms with Gasteiger partial charge in [0.15, 0.2) is 0 Å². The van der Waals surface area contributed by atoms with Gasteiger partial charge in [0, 0.05) is 11.8 Å². The van der Waals surface area contributed by atoms with Crippen molar-refractivity contribution in [2.24, 2.45) is 15.2 Å². The number of hydrogen-bond donors (Lipinski definition) is 0. The lowest BCUT2D eigenvalue weighted by Gasteiger charge is -2.20. The molecule has 0 aliphatic carbocycles. The van der Waals surface area contributed by atoms with Crippen molar-refractivity contribution in [3.63, 3.8) is 0 Å². The maximum Gasteiger partial charge on any atom is 0.239 e. The summed E-state index contributed by atoms with van der Waals surface area (Å²) in [4.78, 5) is 8.73. The summed E-state index contributed by atoms with van der Waals surface area (Å²) in [7, 11) is 0. The summed E-state index contributed by atoms with van der Waals surface area (Å²) in [5, 5.41) is 8.13. The molecule has 1 aromatic heterocycles. The van der Waals surface area contributed by atoms with Crippen LogP contribution in [0.2, 0.25) is 0 Å². The average molecular weight is 222 g/mol. The van der Waals surface area contributed by atoms with Crippen LogP contribution in [0.15, 0.2) is 69.9 Å². The fraction of sp³-hybridized carbons (Fsp3) is 0.0769. The van der Waals surface area contributed by atoms with Crippen molar-refractivity contribution in [3.05, 3.63) is 66.0 Å². The fourth-order valence-corrected chi connectivity index (χ4v) is 1.88. The molecular weight excluding hydrogens is 212 g/mol. The molecule has 2 heterocycles. The Morgan fingerprint density at radius 1 is 0.882 bits per heavy atom. The van der Waals surface area contributed by atoms with Crippen LogP contribution in [-0.4, -0.2) is 11.3 Å². The van der Waals surface area contributed by atoms with Crippen molar-refractivity contribution in [2.45, 2.75) is 5.66 Å². The molecular formula is C13H10N4. The number of nitrogens with zero attached hydrogens (tertiary/aromatic N) is 4. The molecule has 17 heavy (non-hydrogen) atoms. The molecule has 0 bridgehead atoms. The van der Waals surface area contributed by atoms with Crippen LogP contribution < -0.4 is 0 Å². The SMILES string of the molecule is C1=NC(c2ccccc2)(c2ccccn2)N=N1. The zero-order chi connectivity index (χ0) is 11.6. The van der Waals surface area contributed by atoms with Gasteiger partial charge in [0.2, 0.25) is 5.66 Å². The third-order valence-electron chi connectivity index (χ3n) is 2.70. The van der Waals surface area contributed by atoms with E-state index in [-0.39, 0.29) is 0 Å². The van der Waals surface area contributed by atoms with Gasteiger partial charge < -0.3 is 0 Å². The van der Waals surface area contributed by atoms with Crippen LogP contribution in [0, 0.1) is 0 Å². The molecule has 4 nitrogen and oxygen atoms in total. The molecule has 0 spiro atoms. The Kier molecular flexibility index (Phi) is 2.26. The van der Waals surface area contributed by atoms with Crippen LogP contribution in [0.25, 0.3) is 0 Å². The number of pyridine rings is 1. The highest BCUT2D eigenvalue weighted by Crippen LogP contribution is 2.36. The fourth-order valence-electron chi connectivity index (χ4n) is 1.88. The van der Waals surface area contributed by atoms with E-state index in [0.29, 0.717) is 0 Å². The van der Waals surface area contributed by atoms with Gasteiger partial charge in [-0.05, 0) is 12.1 Å². The first-order valence-corrected chi connectivity index (χ1v) is 5.34. The lowest BCUT2D eigenvalue weighted by molar-refractivity contribution is 0.552. The Hall–Kier alpha value is -2.36. The van der Waals surface area contributed by atoms with E-state index in [9.17, 15) is 0 Å². The number of rotatable bonds is 2. The second kappa shape index (κ2) is 3.90. The van der Waals surface area contributed by atoms with Crippen molar-refractivity contribution < 1.29 is 0 Å². The van der Waals surface area contributed by atoms with Crippen molar-refractivity contribution in [3.8, 4) is 0 Å². The summed E-state index contributed by atoms with van der Waals surface area (Å²) >= 11 is 0. The average Bonchev–Trinajstić information content (AvgIpc) is 2.91. The molecule has 0 saturated heterocycles. The van der Waals surface area contributed by atoms with Crippen LogP contribution in [0.3, 0.4) is 0 Å². The van der Waals surface area contributed by atoms with Crippen molar-refractivity contribution in [2.75, 3.05) is 0 Å². The van der Waals surface area contributed by atoms with E-state index in [0.717, 1.165) is 11.3 Å². The van der Waals surface area contributed by atoms with Crippen molar-refractivity contribution in [1.29, 1.82) is 0 Å². The maximum atomic E-state index is 4.39. The Morgan fingerprint density at radius 2 is 1.71 bits per heavy atom. The highest BCUT2D eigenvalue weighted by atomic mass is 15.3. The molecule has 1 aliphatic heterocycles. The van der Waals surface area contributed by atoms with E-state index in [1.54, 1.807) is 6.20 Å². The van der Waals surface area contributed by atoms with Gasteiger partial charge in [-0.15, -0.1) is 10.2 Å². The lowest BCUT2D eigenvalue weighted by atomic mass is 9.97. The molecule has 0 fully saturated rings. The van der Waals surface area contributed by atoms with Crippen LogP contribution in [0.5, 0.6) is 0 Å². The molecule has 1 aromatic carbocycles. The molecule has 3 rings (SSSR count). The minimum absolute atomic E-state index is 0.781. The van der Waals surface area contributed by atoms with Crippen LogP contribution in [0.4, 0.5) is 0 Å². The van der Waals surface area contributed by atoms with Crippen molar-refractivity contribution in [1.82, 2.24) is 4.98 Å². The standard InChI is InChI=1S/C13H10N4/c1-2-6-11(7-3-1)13(15-10-16-17-13)12-8-4-5-9-14-12/h1-10H. The van der Waals surface area contributed by atoms with E-state index in [4.69, 9.17) is 0 Å². The van der Waals surface area contributed by atoms with Gasteiger partial charge in [0.25, 0.3) is 0 Å². The van der Waals surface area contributed by atoms with Gasteiger partial charge in [-0.1, -0.05) is 36.4 Å². The van der Waals surface area contributed by atoms with E-state index < -0.39 is 5.66 Å². The molecule has 0 saturated carbocycles. The molecule has 0 radical (unpaired) electrons. The Bertz CT molecular complexity index is 507. The molecule has 4 heteroatoms. The number of aliphatic imine (C=N–C) groups is 1.